The fraction of sp³-hybridized carbons (Fsp3) is 0.600. The van der Waals surface area contributed by atoms with Crippen LogP contribution in [0.25, 0.3) is 0 Å². The smallest absolute Gasteiger partial charge is 0.0216 e. The first-order chi connectivity index (χ1) is 5.27. The number of hydrogen-bond donors (Lipinski definition) is 0. The molecule has 0 saturated heterocycles. The van der Waals surface area contributed by atoms with E-state index in [0.717, 1.165) is 23.3 Å². The highest BCUT2D eigenvalue weighted by Gasteiger charge is 2.30. The summed E-state index contributed by atoms with van der Waals surface area (Å²) in [7, 11) is 0. The number of hydrogen-bond acceptors (Lipinski definition) is 0. The van der Waals surface area contributed by atoms with E-state index in [4.69, 9.17) is 11.6 Å². The van der Waals surface area contributed by atoms with E-state index in [1.165, 1.54) is 18.4 Å². The van der Waals surface area contributed by atoms with Gasteiger partial charge in [0.2, 0.25) is 0 Å². The summed E-state index contributed by atoms with van der Waals surface area (Å²) in [6.07, 6.45) is 8.43. The Balaban J connectivity index is 2.07. The van der Waals surface area contributed by atoms with Crippen molar-refractivity contribution in [1.82, 2.24) is 0 Å². The summed E-state index contributed by atoms with van der Waals surface area (Å²) in [6, 6.07) is 0. The molecule has 1 heteroatoms. The highest BCUT2D eigenvalue weighted by Crippen LogP contribution is 2.43. The van der Waals surface area contributed by atoms with Gasteiger partial charge in [0.25, 0.3) is 0 Å². The van der Waals surface area contributed by atoms with Gasteiger partial charge in [-0.05, 0) is 43.6 Å². The van der Waals surface area contributed by atoms with Crippen LogP contribution in [0.2, 0.25) is 0 Å². The maximum absolute atomic E-state index is 6.06. The van der Waals surface area contributed by atoms with Crippen molar-refractivity contribution < 1.29 is 0 Å². The minimum Gasteiger partial charge on any atom is -0.0888 e. The van der Waals surface area contributed by atoms with Crippen molar-refractivity contribution in [1.29, 1.82) is 0 Å². The van der Waals surface area contributed by atoms with Crippen LogP contribution >= 0.6 is 11.6 Å². The quantitative estimate of drug-likeness (QED) is 0.563. The molecule has 0 bridgehead atoms. The molecule has 1 fully saturated rings. The number of halogens is 1. The Morgan fingerprint density at radius 1 is 1.45 bits per heavy atom. The third-order valence-corrected chi connectivity index (χ3v) is 3.12. The van der Waals surface area contributed by atoms with Crippen LogP contribution in [-0.2, 0) is 0 Å². The average molecular weight is 169 g/mol. The second-order valence-electron chi connectivity index (χ2n) is 3.65. The molecule has 0 nitrogen and oxygen atoms in total. The molecule has 1 atom stereocenters. The molecule has 0 aromatic rings. The van der Waals surface area contributed by atoms with Crippen molar-refractivity contribution in [3.8, 4) is 0 Å². The Kier molecular flexibility index (Phi) is 1.80. The molecule has 1 unspecified atom stereocenters. The molecule has 0 N–H and O–H groups in total. The van der Waals surface area contributed by atoms with Gasteiger partial charge in [0.1, 0.15) is 0 Å². The van der Waals surface area contributed by atoms with E-state index in [1.807, 2.05) is 0 Å². The topological polar surface area (TPSA) is 0 Å². The van der Waals surface area contributed by atoms with E-state index in [0.29, 0.717) is 0 Å². The van der Waals surface area contributed by atoms with E-state index in [-0.39, 0.29) is 0 Å². The molecule has 1 saturated carbocycles. The second kappa shape index (κ2) is 2.67. The molecule has 2 aliphatic rings. The average Bonchev–Trinajstić information content (AvgIpc) is 2.77. The van der Waals surface area contributed by atoms with Gasteiger partial charge in [-0.25, -0.2) is 0 Å². The van der Waals surface area contributed by atoms with Crippen LogP contribution in [0.15, 0.2) is 22.8 Å². The van der Waals surface area contributed by atoms with Gasteiger partial charge in [0.05, 0.1) is 0 Å². The van der Waals surface area contributed by atoms with Gasteiger partial charge in [-0.15, -0.1) is 0 Å². The summed E-state index contributed by atoms with van der Waals surface area (Å²) in [5.74, 6) is 1.71. The highest BCUT2D eigenvalue weighted by atomic mass is 35.5. The molecular weight excluding hydrogens is 156 g/mol. The standard InChI is InChI=1S/C10H13Cl/c1-7-2-3-9(6-10(7)11)8-4-5-8/h2-3,8-9H,4-6H2,1H3. The number of rotatable bonds is 1. The van der Waals surface area contributed by atoms with Gasteiger partial charge in [0, 0.05) is 5.03 Å². The zero-order valence-corrected chi connectivity index (χ0v) is 7.56. The summed E-state index contributed by atoms with van der Waals surface area (Å²) in [4.78, 5) is 0. The summed E-state index contributed by atoms with van der Waals surface area (Å²) in [5.41, 5.74) is 1.25. The van der Waals surface area contributed by atoms with Crippen molar-refractivity contribution in [2.24, 2.45) is 11.8 Å². The lowest BCUT2D eigenvalue weighted by molar-refractivity contribution is 0.565. The van der Waals surface area contributed by atoms with E-state index in [1.54, 1.807) is 0 Å². The highest BCUT2D eigenvalue weighted by molar-refractivity contribution is 6.30. The molecule has 0 aromatic heterocycles. The van der Waals surface area contributed by atoms with Crippen LogP contribution < -0.4 is 0 Å². The van der Waals surface area contributed by atoms with Crippen LogP contribution in [-0.4, -0.2) is 0 Å². The van der Waals surface area contributed by atoms with Crippen molar-refractivity contribution in [2.75, 3.05) is 0 Å². The lowest BCUT2D eigenvalue weighted by Crippen LogP contribution is -2.03. The Morgan fingerprint density at radius 3 is 2.73 bits per heavy atom. The summed E-state index contributed by atoms with van der Waals surface area (Å²) in [6.45, 7) is 2.09. The van der Waals surface area contributed by atoms with Crippen LogP contribution in [0, 0.1) is 11.8 Å². The predicted molar refractivity (Wildman–Crippen MR) is 48.5 cm³/mol. The third kappa shape index (κ3) is 1.51. The summed E-state index contributed by atoms with van der Waals surface area (Å²) in [5, 5.41) is 1.07. The molecule has 2 aliphatic carbocycles. The molecule has 11 heavy (non-hydrogen) atoms. The second-order valence-corrected chi connectivity index (χ2v) is 4.11. The van der Waals surface area contributed by atoms with Crippen molar-refractivity contribution >= 4 is 11.6 Å². The van der Waals surface area contributed by atoms with Gasteiger partial charge in [-0.3, -0.25) is 0 Å². The summed E-state index contributed by atoms with van der Waals surface area (Å²) >= 11 is 6.06. The van der Waals surface area contributed by atoms with Crippen molar-refractivity contribution in [2.45, 2.75) is 26.2 Å². The molecule has 0 aliphatic heterocycles. The number of allylic oxidation sites excluding steroid dienone is 4. The molecule has 0 amide bonds. The predicted octanol–water partition coefficient (Wildman–Crippen LogP) is 3.49. The lowest BCUT2D eigenvalue weighted by atomic mass is 9.93. The molecule has 0 aromatic carbocycles. The van der Waals surface area contributed by atoms with Crippen LogP contribution in [0.3, 0.4) is 0 Å². The fourth-order valence-electron chi connectivity index (χ4n) is 1.64. The van der Waals surface area contributed by atoms with E-state index < -0.39 is 0 Å². The minimum absolute atomic E-state index is 0.756. The third-order valence-electron chi connectivity index (χ3n) is 2.66. The van der Waals surface area contributed by atoms with E-state index in [2.05, 4.69) is 19.1 Å². The zero-order valence-electron chi connectivity index (χ0n) is 6.81. The Labute approximate surface area is 72.9 Å². The molecule has 0 heterocycles. The van der Waals surface area contributed by atoms with Crippen LogP contribution in [0.4, 0.5) is 0 Å². The van der Waals surface area contributed by atoms with Gasteiger partial charge in [-0.2, -0.15) is 0 Å². The van der Waals surface area contributed by atoms with Gasteiger partial charge in [0.15, 0.2) is 0 Å². The molecular formula is C10H13Cl. The first kappa shape index (κ1) is 7.42. The fourth-order valence-corrected chi connectivity index (χ4v) is 1.88. The van der Waals surface area contributed by atoms with E-state index in [9.17, 15) is 0 Å². The van der Waals surface area contributed by atoms with Gasteiger partial charge >= 0.3 is 0 Å². The molecule has 2 rings (SSSR count). The molecule has 0 radical (unpaired) electrons. The Hall–Kier alpha value is -0.230. The van der Waals surface area contributed by atoms with Crippen LogP contribution in [0.1, 0.15) is 26.2 Å². The Morgan fingerprint density at radius 2 is 2.18 bits per heavy atom. The lowest BCUT2D eigenvalue weighted by Gasteiger charge is -2.16. The maximum atomic E-state index is 6.06. The van der Waals surface area contributed by atoms with Crippen LogP contribution in [0.5, 0.6) is 0 Å². The van der Waals surface area contributed by atoms with E-state index >= 15 is 0 Å². The maximum Gasteiger partial charge on any atom is 0.0216 e. The molecule has 60 valence electrons. The van der Waals surface area contributed by atoms with Gasteiger partial charge in [-0.1, -0.05) is 23.8 Å². The first-order valence-corrected chi connectivity index (χ1v) is 4.68. The Bertz CT molecular complexity index is 221. The zero-order chi connectivity index (χ0) is 7.84. The monoisotopic (exact) mass is 168 g/mol. The SMILES string of the molecule is CC1=C(Cl)CC(C2CC2)C=C1. The normalized spacial score (nSPS) is 31.3. The van der Waals surface area contributed by atoms with Crippen molar-refractivity contribution in [3.63, 3.8) is 0 Å². The first-order valence-electron chi connectivity index (χ1n) is 4.31. The largest absolute Gasteiger partial charge is 0.0888 e. The minimum atomic E-state index is 0.756. The van der Waals surface area contributed by atoms with Crippen molar-refractivity contribution in [3.05, 3.63) is 22.8 Å². The summed E-state index contributed by atoms with van der Waals surface area (Å²) < 4.78 is 0. The molecule has 0 spiro atoms. The van der Waals surface area contributed by atoms with Gasteiger partial charge < -0.3 is 0 Å².